The Balaban J connectivity index is 1.57. The summed E-state index contributed by atoms with van der Waals surface area (Å²) >= 11 is 0. The molecule has 2 aromatic carbocycles. The van der Waals surface area contributed by atoms with Crippen LogP contribution in [0.4, 0.5) is 5.69 Å². The maximum Gasteiger partial charge on any atom is 0.243 e. The lowest BCUT2D eigenvalue weighted by atomic mass is 10.1. The molecule has 5 nitrogen and oxygen atoms in total. The SMILES string of the molecule is Cc1ccc2nccc(N3CCN(S(=O)(=O)c4ccccc4)CC3)c2c1. The molecule has 0 aliphatic carbocycles. The number of hydrogen-bond donors (Lipinski definition) is 0. The summed E-state index contributed by atoms with van der Waals surface area (Å²) in [6.45, 7) is 4.36. The number of sulfonamides is 1. The largest absolute Gasteiger partial charge is 0.368 e. The first kappa shape index (κ1) is 17.0. The molecule has 1 saturated heterocycles. The van der Waals surface area contributed by atoms with Crippen LogP contribution in [0.1, 0.15) is 5.56 Å². The minimum absolute atomic E-state index is 0.360. The Morgan fingerprint density at radius 1 is 0.923 bits per heavy atom. The Morgan fingerprint density at radius 2 is 1.65 bits per heavy atom. The lowest BCUT2D eigenvalue weighted by Gasteiger charge is -2.35. The van der Waals surface area contributed by atoms with Crippen LogP contribution < -0.4 is 4.90 Å². The van der Waals surface area contributed by atoms with E-state index in [0.717, 1.165) is 16.6 Å². The van der Waals surface area contributed by atoms with E-state index in [0.29, 0.717) is 31.1 Å². The molecule has 0 N–H and O–H groups in total. The first-order valence-corrected chi connectivity index (χ1v) is 10.2. The molecule has 26 heavy (non-hydrogen) atoms. The highest BCUT2D eigenvalue weighted by Crippen LogP contribution is 2.28. The van der Waals surface area contributed by atoms with Crippen LogP contribution in [0, 0.1) is 6.92 Å². The summed E-state index contributed by atoms with van der Waals surface area (Å²) in [7, 11) is -3.42. The Bertz CT molecular complexity index is 1030. The van der Waals surface area contributed by atoms with E-state index in [2.05, 4.69) is 28.9 Å². The van der Waals surface area contributed by atoms with E-state index >= 15 is 0 Å². The van der Waals surface area contributed by atoms with E-state index in [-0.39, 0.29) is 0 Å². The van der Waals surface area contributed by atoms with Crippen molar-refractivity contribution in [2.24, 2.45) is 0 Å². The van der Waals surface area contributed by atoms with Crippen molar-refractivity contribution >= 4 is 26.6 Å². The maximum absolute atomic E-state index is 12.8. The zero-order valence-corrected chi connectivity index (χ0v) is 15.5. The van der Waals surface area contributed by atoms with Crippen LogP contribution in [0.25, 0.3) is 10.9 Å². The van der Waals surface area contributed by atoms with Crippen LogP contribution in [0.5, 0.6) is 0 Å². The molecule has 3 aromatic rings. The lowest BCUT2D eigenvalue weighted by Crippen LogP contribution is -2.48. The van der Waals surface area contributed by atoms with Gasteiger partial charge in [0.2, 0.25) is 10.0 Å². The summed E-state index contributed by atoms with van der Waals surface area (Å²) in [6, 6.07) is 16.9. The van der Waals surface area contributed by atoms with Gasteiger partial charge in [0.05, 0.1) is 10.4 Å². The van der Waals surface area contributed by atoms with Gasteiger partial charge in [0.15, 0.2) is 0 Å². The van der Waals surface area contributed by atoms with Gasteiger partial charge >= 0.3 is 0 Å². The molecule has 0 amide bonds. The number of aryl methyl sites for hydroxylation is 1. The summed E-state index contributed by atoms with van der Waals surface area (Å²) < 4.78 is 27.1. The maximum atomic E-state index is 12.8. The number of anilines is 1. The number of pyridine rings is 1. The van der Waals surface area contributed by atoms with Gasteiger partial charge < -0.3 is 4.90 Å². The van der Waals surface area contributed by atoms with E-state index in [4.69, 9.17) is 0 Å². The van der Waals surface area contributed by atoms with Crippen molar-refractivity contribution in [1.82, 2.24) is 9.29 Å². The molecule has 1 fully saturated rings. The Labute approximate surface area is 153 Å². The van der Waals surface area contributed by atoms with Crippen LogP contribution in [0.15, 0.2) is 65.7 Å². The number of hydrogen-bond acceptors (Lipinski definition) is 4. The molecular weight excluding hydrogens is 346 g/mol. The molecule has 0 spiro atoms. The standard InChI is InChI=1S/C20H21N3O2S/c1-16-7-8-19-18(15-16)20(9-10-21-19)22-11-13-23(14-12-22)26(24,25)17-5-3-2-4-6-17/h2-10,15H,11-14H2,1H3. The summed E-state index contributed by atoms with van der Waals surface area (Å²) in [5.41, 5.74) is 3.28. The number of piperazine rings is 1. The fourth-order valence-electron chi connectivity index (χ4n) is 3.43. The van der Waals surface area contributed by atoms with Crippen LogP contribution >= 0.6 is 0 Å². The van der Waals surface area contributed by atoms with Crippen molar-refractivity contribution < 1.29 is 8.42 Å². The second-order valence-corrected chi connectivity index (χ2v) is 8.49. The molecule has 2 heterocycles. The summed E-state index contributed by atoms with van der Waals surface area (Å²) in [5, 5.41) is 1.12. The minimum Gasteiger partial charge on any atom is -0.368 e. The van der Waals surface area contributed by atoms with Gasteiger partial charge in [0.1, 0.15) is 0 Å². The van der Waals surface area contributed by atoms with E-state index in [1.54, 1.807) is 28.6 Å². The first-order valence-electron chi connectivity index (χ1n) is 8.71. The van der Waals surface area contributed by atoms with Gasteiger partial charge in [-0.1, -0.05) is 29.8 Å². The zero-order chi connectivity index (χ0) is 18.1. The van der Waals surface area contributed by atoms with Gasteiger partial charge in [-0.15, -0.1) is 0 Å². The lowest BCUT2D eigenvalue weighted by molar-refractivity contribution is 0.385. The van der Waals surface area contributed by atoms with Gasteiger partial charge in [-0.2, -0.15) is 4.31 Å². The summed E-state index contributed by atoms with van der Waals surface area (Å²) in [5.74, 6) is 0. The van der Waals surface area contributed by atoms with E-state index in [9.17, 15) is 8.42 Å². The molecule has 1 aliphatic heterocycles. The normalized spacial score (nSPS) is 16.1. The molecule has 1 aromatic heterocycles. The molecule has 6 heteroatoms. The van der Waals surface area contributed by atoms with Crippen molar-refractivity contribution in [3.8, 4) is 0 Å². The molecule has 0 unspecified atom stereocenters. The second kappa shape index (κ2) is 6.70. The van der Waals surface area contributed by atoms with Gasteiger partial charge in [0.25, 0.3) is 0 Å². The van der Waals surface area contributed by atoms with E-state index in [1.165, 1.54) is 5.56 Å². The average Bonchev–Trinajstić information content (AvgIpc) is 2.68. The van der Waals surface area contributed by atoms with Crippen molar-refractivity contribution in [2.75, 3.05) is 31.1 Å². The molecule has 0 radical (unpaired) electrons. The third-order valence-electron chi connectivity index (χ3n) is 4.83. The zero-order valence-electron chi connectivity index (χ0n) is 14.7. The molecular formula is C20H21N3O2S. The van der Waals surface area contributed by atoms with Crippen LogP contribution in [0.2, 0.25) is 0 Å². The number of nitrogens with zero attached hydrogens (tertiary/aromatic N) is 3. The van der Waals surface area contributed by atoms with Gasteiger partial charge in [-0.25, -0.2) is 8.42 Å². The van der Waals surface area contributed by atoms with Crippen molar-refractivity contribution in [2.45, 2.75) is 11.8 Å². The number of fused-ring (bicyclic) bond motifs is 1. The second-order valence-electron chi connectivity index (χ2n) is 6.55. The fourth-order valence-corrected chi connectivity index (χ4v) is 4.88. The first-order chi connectivity index (χ1) is 12.6. The highest BCUT2D eigenvalue weighted by Gasteiger charge is 2.28. The highest BCUT2D eigenvalue weighted by molar-refractivity contribution is 7.89. The molecule has 1 aliphatic rings. The van der Waals surface area contributed by atoms with Gasteiger partial charge in [-0.05, 0) is 37.3 Å². The number of aromatic nitrogens is 1. The average molecular weight is 367 g/mol. The summed E-state index contributed by atoms with van der Waals surface area (Å²) in [6.07, 6.45) is 1.82. The molecule has 4 rings (SSSR count). The van der Waals surface area contributed by atoms with Crippen molar-refractivity contribution in [1.29, 1.82) is 0 Å². The monoisotopic (exact) mass is 367 g/mol. The Morgan fingerprint density at radius 3 is 2.38 bits per heavy atom. The summed E-state index contributed by atoms with van der Waals surface area (Å²) in [4.78, 5) is 7.05. The van der Waals surface area contributed by atoms with Crippen molar-refractivity contribution in [3.63, 3.8) is 0 Å². The smallest absolute Gasteiger partial charge is 0.243 e. The van der Waals surface area contributed by atoms with Crippen LogP contribution in [-0.2, 0) is 10.0 Å². The van der Waals surface area contributed by atoms with Crippen molar-refractivity contribution in [3.05, 3.63) is 66.4 Å². The number of benzene rings is 2. The quantitative estimate of drug-likeness (QED) is 0.714. The molecule has 0 atom stereocenters. The minimum atomic E-state index is -3.42. The Kier molecular flexibility index (Phi) is 4.38. The third kappa shape index (κ3) is 3.06. The number of rotatable bonds is 3. The van der Waals surface area contributed by atoms with Crippen LogP contribution in [-0.4, -0.2) is 43.9 Å². The van der Waals surface area contributed by atoms with Gasteiger partial charge in [-0.3, -0.25) is 4.98 Å². The topological polar surface area (TPSA) is 53.5 Å². The van der Waals surface area contributed by atoms with E-state index in [1.807, 2.05) is 24.4 Å². The molecule has 134 valence electrons. The van der Waals surface area contributed by atoms with Crippen LogP contribution in [0.3, 0.4) is 0 Å². The highest BCUT2D eigenvalue weighted by atomic mass is 32.2. The third-order valence-corrected chi connectivity index (χ3v) is 6.75. The Hall–Kier alpha value is -2.44. The van der Waals surface area contributed by atoms with Gasteiger partial charge in [0, 0.05) is 43.4 Å². The molecule has 0 saturated carbocycles. The predicted molar refractivity (Wildman–Crippen MR) is 104 cm³/mol. The fraction of sp³-hybridized carbons (Fsp3) is 0.250. The predicted octanol–water partition coefficient (Wildman–Crippen LogP) is 3.05. The van der Waals surface area contributed by atoms with E-state index < -0.39 is 10.0 Å². The molecule has 0 bridgehead atoms.